The van der Waals surface area contributed by atoms with Gasteiger partial charge in [-0.25, -0.2) is 4.57 Å². The molecule has 0 aromatic heterocycles. The van der Waals surface area contributed by atoms with Crippen molar-refractivity contribution in [3.8, 4) is 0 Å². The zero-order chi connectivity index (χ0) is 20.5. The number of phosphoric acid groups is 1. The van der Waals surface area contributed by atoms with E-state index in [-0.39, 0.29) is 0 Å². The smallest absolute Gasteiger partial charge is 0.303 e. The molecule has 28 heavy (non-hydrogen) atoms. The normalized spacial score (nSPS) is 11.4. The predicted molar refractivity (Wildman–Crippen MR) is 119 cm³/mol. The van der Waals surface area contributed by atoms with Crippen LogP contribution in [0.15, 0.2) is 91.0 Å². The summed E-state index contributed by atoms with van der Waals surface area (Å²) in [6, 6.07) is 33.4. The molecular weight excluding hydrogens is 390 g/mol. The van der Waals surface area contributed by atoms with Gasteiger partial charge >= 0.3 is 7.82 Å². The highest BCUT2D eigenvalue weighted by Gasteiger charge is 2.44. The summed E-state index contributed by atoms with van der Waals surface area (Å²) < 4.78 is 8.88. The van der Waals surface area contributed by atoms with Crippen LogP contribution in [0.2, 0.25) is 0 Å². The van der Waals surface area contributed by atoms with Crippen molar-refractivity contribution in [3.63, 3.8) is 0 Å². The van der Waals surface area contributed by atoms with E-state index in [1.807, 2.05) is 0 Å². The molecule has 0 aliphatic carbocycles. The third-order valence-corrected chi connectivity index (χ3v) is 8.96. The monoisotopic (exact) mass is 417 g/mol. The van der Waals surface area contributed by atoms with E-state index in [2.05, 4.69) is 97.9 Å². The van der Waals surface area contributed by atoms with Gasteiger partial charge in [-0.2, -0.15) is 0 Å². The topological polar surface area (TPSA) is 77.8 Å². The predicted octanol–water partition coefficient (Wildman–Crippen LogP) is 3.85. The first-order valence-electron chi connectivity index (χ1n) is 9.21. The fraction of sp³-hybridized carbons (Fsp3) is 0.182. The third kappa shape index (κ3) is 6.38. The maximum absolute atomic E-state index is 8.88. The lowest BCUT2D eigenvalue weighted by molar-refractivity contribution is 0.275. The standard InChI is InChI=1S/C22H24P.H3O4P/c1-2-3-19-23(20-13-7-4-8-14-20,21-15-9-5-10-16-21)22-17-11-6-12-18-22;1-5(2,3)4/h4-18H,2-3,19H2,1H3;(H3,1,2,3,4)/q+1;. The second-order valence-electron chi connectivity index (χ2n) is 6.41. The van der Waals surface area contributed by atoms with E-state index in [1.165, 1.54) is 34.9 Å². The Balaban J connectivity index is 0.000000500. The van der Waals surface area contributed by atoms with E-state index in [9.17, 15) is 0 Å². The molecule has 3 N–H and O–H groups in total. The molecule has 0 heterocycles. The molecule has 0 unspecified atom stereocenters. The summed E-state index contributed by atoms with van der Waals surface area (Å²) in [5.74, 6) is 0. The molecule has 0 bridgehead atoms. The van der Waals surface area contributed by atoms with E-state index in [0.29, 0.717) is 0 Å². The van der Waals surface area contributed by atoms with E-state index in [4.69, 9.17) is 19.2 Å². The highest BCUT2D eigenvalue weighted by Crippen LogP contribution is 2.55. The van der Waals surface area contributed by atoms with Gasteiger partial charge in [0.15, 0.2) is 0 Å². The van der Waals surface area contributed by atoms with Gasteiger partial charge in [0.1, 0.15) is 23.2 Å². The molecule has 6 heteroatoms. The van der Waals surface area contributed by atoms with Gasteiger partial charge in [-0.3, -0.25) is 0 Å². The van der Waals surface area contributed by atoms with Crippen LogP contribution in [0.1, 0.15) is 19.8 Å². The van der Waals surface area contributed by atoms with Crippen LogP contribution in [0.5, 0.6) is 0 Å². The van der Waals surface area contributed by atoms with Crippen LogP contribution in [0.25, 0.3) is 0 Å². The summed E-state index contributed by atoms with van der Waals surface area (Å²) in [5.41, 5.74) is 0. The van der Waals surface area contributed by atoms with Crippen molar-refractivity contribution in [2.45, 2.75) is 19.8 Å². The van der Waals surface area contributed by atoms with Gasteiger partial charge < -0.3 is 14.7 Å². The maximum atomic E-state index is 8.88. The second-order valence-corrected chi connectivity index (χ2v) is 11.0. The molecule has 148 valence electrons. The second kappa shape index (κ2) is 10.7. The summed E-state index contributed by atoms with van der Waals surface area (Å²) >= 11 is 0. The molecule has 3 aromatic rings. The number of hydrogen-bond acceptors (Lipinski definition) is 1. The van der Waals surface area contributed by atoms with E-state index >= 15 is 0 Å². The van der Waals surface area contributed by atoms with Gasteiger partial charge in [-0.05, 0) is 42.8 Å². The molecule has 3 aromatic carbocycles. The summed E-state index contributed by atoms with van der Waals surface area (Å²) in [7, 11) is -6.21. The molecule has 0 spiro atoms. The van der Waals surface area contributed by atoms with Gasteiger partial charge in [-0.15, -0.1) is 0 Å². The van der Waals surface area contributed by atoms with Crippen LogP contribution in [0, 0.1) is 0 Å². The highest BCUT2D eigenvalue weighted by atomic mass is 31.2. The first-order valence-corrected chi connectivity index (χ1v) is 12.7. The average molecular weight is 417 g/mol. The van der Waals surface area contributed by atoms with E-state index < -0.39 is 15.1 Å². The first kappa shape index (κ1) is 22.5. The van der Waals surface area contributed by atoms with Gasteiger partial charge in [0.25, 0.3) is 0 Å². The van der Waals surface area contributed by atoms with Gasteiger partial charge in [-0.1, -0.05) is 67.9 Å². The molecule has 4 nitrogen and oxygen atoms in total. The van der Waals surface area contributed by atoms with Crippen molar-refractivity contribution in [2.24, 2.45) is 0 Å². The minimum atomic E-state index is -4.64. The molecule has 0 saturated heterocycles. The Morgan fingerprint density at radius 1 is 0.679 bits per heavy atom. The minimum absolute atomic E-state index is 1.23. The Morgan fingerprint density at radius 2 is 0.964 bits per heavy atom. The largest absolute Gasteiger partial charge is 0.466 e. The summed E-state index contributed by atoms with van der Waals surface area (Å²) in [4.78, 5) is 21.6. The fourth-order valence-electron chi connectivity index (χ4n) is 3.28. The van der Waals surface area contributed by atoms with Crippen LogP contribution in [0.3, 0.4) is 0 Å². The molecule has 0 fully saturated rings. The van der Waals surface area contributed by atoms with Gasteiger partial charge in [0, 0.05) is 0 Å². The number of hydrogen-bond donors (Lipinski definition) is 3. The van der Waals surface area contributed by atoms with Crippen molar-refractivity contribution >= 4 is 31.0 Å². The van der Waals surface area contributed by atoms with Gasteiger partial charge in [0.05, 0.1) is 6.16 Å². The molecular formula is C22H27O4P2+. The van der Waals surface area contributed by atoms with E-state index in [0.717, 1.165) is 0 Å². The summed E-state index contributed by atoms with van der Waals surface area (Å²) in [6.07, 6.45) is 3.72. The van der Waals surface area contributed by atoms with Crippen LogP contribution in [-0.4, -0.2) is 20.8 Å². The highest BCUT2D eigenvalue weighted by molar-refractivity contribution is 7.95. The average Bonchev–Trinajstić information content (AvgIpc) is 2.70. The van der Waals surface area contributed by atoms with Crippen LogP contribution < -0.4 is 15.9 Å². The minimum Gasteiger partial charge on any atom is -0.303 e. The molecule has 0 aliphatic rings. The Labute approximate surface area is 167 Å². The zero-order valence-corrected chi connectivity index (χ0v) is 17.7. The maximum Gasteiger partial charge on any atom is 0.466 e. The SMILES string of the molecule is CCCC[P+](c1ccccc1)(c1ccccc1)c1ccccc1.O=P(O)(O)O. The molecule has 0 atom stereocenters. The molecule has 3 rings (SSSR count). The molecule has 0 amide bonds. The fourth-order valence-corrected chi connectivity index (χ4v) is 7.78. The molecule has 0 saturated carbocycles. The van der Waals surface area contributed by atoms with Crippen LogP contribution in [0.4, 0.5) is 0 Å². The third-order valence-electron chi connectivity index (χ3n) is 4.44. The van der Waals surface area contributed by atoms with Gasteiger partial charge in [0.2, 0.25) is 0 Å². The van der Waals surface area contributed by atoms with Crippen molar-refractivity contribution < 1.29 is 19.2 Å². The Hall–Kier alpha value is -1.80. The quantitative estimate of drug-likeness (QED) is 0.533. The van der Waals surface area contributed by atoms with Crippen molar-refractivity contribution in [3.05, 3.63) is 91.0 Å². The number of rotatable bonds is 6. The number of benzene rings is 3. The lowest BCUT2D eigenvalue weighted by atomic mass is 10.3. The lowest BCUT2D eigenvalue weighted by Gasteiger charge is -2.27. The van der Waals surface area contributed by atoms with Crippen molar-refractivity contribution in [2.75, 3.05) is 6.16 Å². The molecule has 0 radical (unpaired) electrons. The van der Waals surface area contributed by atoms with Crippen molar-refractivity contribution in [1.82, 2.24) is 0 Å². The van der Waals surface area contributed by atoms with Crippen LogP contribution in [-0.2, 0) is 4.57 Å². The zero-order valence-electron chi connectivity index (χ0n) is 15.9. The Bertz CT molecular complexity index is 760. The van der Waals surface area contributed by atoms with Crippen LogP contribution >= 0.6 is 15.1 Å². The Morgan fingerprint density at radius 3 is 1.21 bits per heavy atom. The number of unbranched alkanes of at least 4 members (excludes halogenated alkanes) is 1. The van der Waals surface area contributed by atoms with Crippen molar-refractivity contribution in [1.29, 1.82) is 0 Å². The molecule has 0 aliphatic heterocycles. The lowest BCUT2D eigenvalue weighted by Crippen LogP contribution is -2.33. The summed E-state index contributed by atoms with van der Waals surface area (Å²) in [6.45, 7) is 2.29. The first-order chi connectivity index (χ1) is 13.4. The summed E-state index contributed by atoms with van der Waals surface area (Å²) in [5, 5.41) is 4.47. The Kier molecular flexibility index (Phi) is 8.57. The van der Waals surface area contributed by atoms with E-state index in [1.54, 1.807) is 0 Å².